The quantitative estimate of drug-likeness (QED) is 0.797. The van der Waals surface area contributed by atoms with Crippen LogP contribution in [0.15, 0.2) is 36.4 Å². The van der Waals surface area contributed by atoms with Crippen molar-refractivity contribution in [2.24, 2.45) is 0 Å². The Morgan fingerprint density at radius 2 is 1.69 bits per heavy atom. The van der Waals surface area contributed by atoms with E-state index >= 15 is 0 Å². The molecule has 0 radical (unpaired) electrons. The van der Waals surface area contributed by atoms with Crippen LogP contribution in [0.4, 0.5) is 4.79 Å². The highest BCUT2D eigenvalue weighted by atomic mass is 35.5. The molecule has 26 heavy (non-hydrogen) atoms. The summed E-state index contributed by atoms with van der Waals surface area (Å²) in [5, 5.41) is 3.48. The first-order chi connectivity index (χ1) is 12.5. The molecule has 0 bridgehead atoms. The number of benzene rings is 2. The number of urea groups is 1. The van der Waals surface area contributed by atoms with Crippen molar-refractivity contribution in [3.05, 3.63) is 52.5 Å². The summed E-state index contributed by atoms with van der Waals surface area (Å²) in [4.78, 5) is 13.9. The molecule has 0 spiro atoms. The molecule has 2 aromatic carbocycles. The van der Waals surface area contributed by atoms with Gasteiger partial charge in [-0.2, -0.15) is 0 Å². The van der Waals surface area contributed by atoms with Gasteiger partial charge in [-0.25, -0.2) is 4.79 Å². The molecule has 2 aromatic rings. The van der Waals surface area contributed by atoms with Crippen molar-refractivity contribution in [3.8, 4) is 17.2 Å². The number of ether oxygens (including phenoxy) is 3. The monoisotopic (exact) mass is 378 g/mol. The van der Waals surface area contributed by atoms with Crippen molar-refractivity contribution in [1.29, 1.82) is 0 Å². The van der Waals surface area contributed by atoms with Crippen molar-refractivity contribution >= 4 is 17.6 Å². The average molecular weight is 379 g/mol. The lowest BCUT2D eigenvalue weighted by atomic mass is 10.1. The van der Waals surface area contributed by atoms with E-state index in [-0.39, 0.29) is 6.03 Å². The molecule has 0 saturated carbocycles. The van der Waals surface area contributed by atoms with Gasteiger partial charge in [-0.05, 0) is 23.8 Å². The second kappa shape index (κ2) is 9.20. The highest BCUT2D eigenvalue weighted by Gasteiger charge is 2.18. The van der Waals surface area contributed by atoms with Gasteiger partial charge >= 0.3 is 6.03 Å². The summed E-state index contributed by atoms with van der Waals surface area (Å²) in [6.45, 7) is 0.698. The van der Waals surface area contributed by atoms with Gasteiger partial charge in [-0.1, -0.05) is 29.8 Å². The number of hydrogen-bond donors (Lipinski definition) is 1. The molecule has 0 unspecified atom stereocenters. The Balaban J connectivity index is 2.08. The van der Waals surface area contributed by atoms with Gasteiger partial charge in [0.1, 0.15) is 0 Å². The van der Waals surface area contributed by atoms with Crippen LogP contribution in [0.2, 0.25) is 5.02 Å². The predicted molar refractivity (Wildman–Crippen MR) is 101 cm³/mol. The van der Waals surface area contributed by atoms with Crippen LogP contribution in [0.3, 0.4) is 0 Å². The predicted octanol–water partition coefficient (Wildman–Crippen LogP) is 3.71. The van der Waals surface area contributed by atoms with Gasteiger partial charge in [-0.3, -0.25) is 0 Å². The lowest BCUT2D eigenvalue weighted by Gasteiger charge is -2.21. The van der Waals surface area contributed by atoms with Crippen molar-refractivity contribution in [3.63, 3.8) is 0 Å². The summed E-state index contributed by atoms with van der Waals surface area (Å²) in [5.74, 6) is 1.61. The van der Waals surface area contributed by atoms with E-state index in [2.05, 4.69) is 5.32 Å². The Morgan fingerprint density at radius 1 is 1.00 bits per heavy atom. The second-order valence-corrected chi connectivity index (χ2v) is 6.01. The van der Waals surface area contributed by atoms with Crippen molar-refractivity contribution < 1.29 is 19.0 Å². The van der Waals surface area contributed by atoms with Gasteiger partial charge in [0.2, 0.25) is 5.75 Å². The fraction of sp³-hybridized carbons (Fsp3) is 0.316. The van der Waals surface area contributed by atoms with E-state index in [9.17, 15) is 4.79 Å². The number of rotatable bonds is 7. The third-order valence-corrected chi connectivity index (χ3v) is 4.30. The number of halogens is 1. The van der Waals surface area contributed by atoms with E-state index in [1.807, 2.05) is 24.3 Å². The van der Waals surface area contributed by atoms with E-state index in [1.54, 1.807) is 45.4 Å². The molecule has 7 heteroatoms. The molecule has 0 atom stereocenters. The van der Waals surface area contributed by atoms with Crippen LogP contribution >= 0.6 is 11.6 Å². The van der Waals surface area contributed by atoms with Crippen molar-refractivity contribution in [2.45, 2.75) is 13.1 Å². The number of carbonyl (C=O) groups excluding carboxylic acids is 1. The summed E-state index contributed by atoms with van der Waals surface area (Å²) in [5.41, 5.74) is 1.67. The second-order valence-electron chi connectivity index (χ2n) is 5.60. The number of nitrogens with zero attached hydrogens (tertiary/aromatic N) is 1. The molecular formula is C19H23ClN2O4. The fourth-order valence-corrected chi connectivity index (χ4v) is 2.77. The summed E-state index contributed by atoms with van der Waals surface area (Å²) in [6.07, 6.45) is 0. The number of amides is 2. The molecule has 0 aliphatic heterocycles. The van der Waals surface area contributed by atoms with Crippen LogP contribution in [0.5, 0.6) is 17.2 Å². The van der Waals surface area contributed by atoms with Gasteiger partial charge in [0.25, 0.3) is 0 Å². The Morgan fingerprint density at radius 3 is 2.31 bits per heavy atom. The zero-order valence-electron chi connectivity index (χ0n) is 15.3. The third kappa shape index (κ3) is 4.52. The Bertz CT molecular complexity index is 767. The van der Waals surface area contributed by atoms with E-state index < -0.39 is 0 Å². The SMILES string of the molecule is COc1ccc(CN(C)C(=O)NCc2ccccc2Cl)c(OC)c1OC. The van der Waals surface area contributed by atoms with Gasteiger partial charge in [0, 0.05) is 24.2 Å². The van der Waals surface area contributed by atoms with Crippen LogP contribution in [0.25, 0.3) is 0 Å². The maximum absolute atomic E-state index is 12.4. The summed E-state index contributed by atoms with van der Waals surface area (Å²) < 4.78 is 16.1. The summed E-state index contributed by atoms with van der Waals surface area (Å²) in [6, 6.07) is 10.8. The van der Waals surface area contributed by atoms with Crippen molar-refractivity contribution in [1.82, 2.24) is 10.2 Å². The smallest absolute Gasteiger partial charge is 0.317 e. The maximum atomic E-state index is 12.4. The summed E-state index contributed by atoms with van der Waals surface area (Å²) >= 11 is 6.11. The average Bonchev–Trinajstić information content (AvgIpc) is 2.66. The molecule has 1 N–H and O–H groups in total. The van der Waals surface area contributed by atoms with Gasteiger partial charge in [-0.15, -0.1) is 0 Å². The third-order valence-electron chi connectivity index (χ3n) is 3.93. The number of methoxy groups -OCH3 is 3. The summed E-state index contributed by atoms with van der Waals surface area (Å²) in [7, 11) is 6.37. The van der Waals surface area contributed by atoms with Crippen LogP contribution in [-0.4, -0.2) is 39.3 Å². The molecule has 6 nitrogen and oxygen atoms in total. The number of carbonyl (C=O) groups is 1. The minimum atomic E-state index is -0.221. The van der Waals surface area contributed by atoms with E-state index in [0.717, 1.165) is 11.1 Å². The van der Waals surface area contributed by atoms with Crippen LogP contribution < -0.4 is 19.5 Å². The molecule has 0 aliphatic rings. The van der Waals surface area contributed by atoms with E-state index in [4.69, 9.17) is 25.8 Å². The van der Waals surface area contributed by atoms with Gasteiger partial charge in [0.05, 0.1) is 27.9 Å². The molecule has 0 saturated heterocycles. The van der Waals surface area contributed by atoms with Crippen LogP contribution in [0, 0.1) is 0 Å². The first kappa shape index (κ1) is 19.7. The van der Waals surface area contributed by atoms with Crippen LogP contribution in [-0.2, 0) is 13.1 Å². The van der Waals surface area contributed by atoms with Crippen molar-refractivity contribution in [2.75, 3.05) is 28.4 Å². The molecule has 0 aliphatic carbocycles. The Labute approximate surface area is 158 Å². The Kier molecular flexibility index (Phi) is 6.97. The van der Waals surface area contributed by atoms with Crippen LogP contribution in [0.1, 0.15) is 11.1 Å². The zero-order chi connectivity index (χ0) is 19.1. The molecule has 0 fully saturated rings. The normalized spacial score (nSPS) is 10.2. The maximum Gasteiger partial charge on any atom is 0.317 e. The van der Waals surface area contributed by atoms with E-state index in [1.165, 1.54) is 0 Å². The zero-order valence-corrected chi connectivity index (χ0v) is 16.1. The first-order valence-electron chi connectivity index (χ1n) is 8.02. The molecule has 0 heterocycles. The lowest BCUT2D eigenvalue weighted by molar-refractivity contribution is 0.205. The molecular weight excluding hydrogens is 356 g/mol. The Hall–Kier alpha value is -2.60. The molecule has 0 aromatic heterocycles. The van der Waals surface area contributed by atoms with Gasteiger partial charge < -0.3 is 24.4 Å². The molecule has 2 amide bonds. The lowest BCUT2D eigenvalue weighted by Crippen LogP contribution is -2.36. The minimum Gasteiger partial charge on any atom is -0.493 e. The first-order valence-corrected chi connectivity index (χ1v) is 8.39. The highest BCUT2D eigenvalue weighted by molar-refractivity contribution is 6.31. The van der Waals surface area contributed by atoms with Gasteiger partial charge in [0.15, 0.2) is 11.5 Å². The topological polar surface area (TPSA) is 60.0 Å². The molecule has 140 valence electrons. The standard InChI is InChI=1S/C19H23ClN2O4/c1-22(19(23)21-11-13-7-5-6-8-15(13)20)12-14-9-10-16(24-2)18(26-4)17(14)25-3/h5-10H,11-12H2,1-4H3,(H,21,23). The fourth-order valence-electron chi connectivity index (χ4n) is 2.56. The minimum absolute atomic E-state index is 0.221. The largest absolute Gasteiger partial charge is 0.493 e. The number of hydrogen-bond acceptors (Lipinski definition) is 4. The van der Waals surface area contributed by atoms with E-state index in [0.29, 0.717) is 35.4 Å². The highest BCUT2D eigenvalue weighted by Crippen LogP contribution is 2.40. The number of nitrogens with one attached hydrogen (secondary N) is 1. The molecule has 2 rings (SSSR count).